The molecule has 4 N–H and O–H groups in total. The van der Waals surface area contributed by atoms with Gasteiger partial charge in [0.25, 0.3) is 0 Å². The number of aromatic nitrogens is 2. The summed E-state index contributed by atoms with van der Waals surface area (Å²) in [6, 6.07) is 5.11. The normalized spacial score (nSPS) is 24.9. The first-order valence-corrected chi connectivity index (χ1v) is 12.2. The Morgan fingerprint density at radius 2 is 1.92 bits per heavy atom. The van der Waals surface area contributed by atoms with E-state index in [4.69, 9.17) is 5.73 Å². The highest BCUT2D eigenvalue weighted by atomic mass is 19.4. The molecule has 3 unspecified atom stereocenters. The Hall–Kier alpha value is -2.96. The van der Waals surface area contributed by atoms with Crippen LogP contribution in [0.3, 0.4) is 0 Å². The van der Waals surface area contributed by atoms with Crippen LogP contribution >= 0.6 is 0 Å². The van der Waals surface area contributed by atoms with Crippen LogP contribution < -0.4 is 22.1 Å². The van der Waals surface area contributed by atoms with Crippen molar-refractivity contribution in [1.82, 2.24) is 24.7 Å². The molecule has 2 amide bonds. The molecule has 0 spiro atoms. The van der Waals surface area contributed by atoms with E-state index in [-0.39, 0.29) is 41.6 Å². The number of likely N-dealkylation sites (tertiary alicyclic amines) is 1. The number of hydrogen-bond acceptors (Lipinski definition) is 6. The molecule has 2 aliphatic heterocycles. The maximum absolute atomic E-state index is 14.0. The topological polar surface area (TPSA) is 109 Å². The molecule has 1 saturated carbocycles. The van der Waals surface area contributed by atoms with Crippen LogP contribution in [0.4, 0.5) is 23.8 Å². The standard InChI is InChI=1S/C24H30F3N7O2/c1-14(33-12-17-18(13-33)21(17)28)10-15-2-3-16(11-19(15)24(25,26)27)34-7-4-20(31-23(34)36)30-22(35)32-8-5-29-6-9-32/h2-4,7,11,14,17-18,21,29H,5-6,8-10,12-13,28H2,1H3,(H,30,31,35,36)/t14?,17-,18?,21?/m0/s1. The van der Waals surface area contributed by atoms with Crippen molar-refractivity contribution in [2.75, 3.05) is 44.6 Å². The minimum Gasteiger partial charge on any atom is -0.327 e. The average Bonchev–Trinajstić information content (AvgIpc) is 3.23. The molecule has 12 heteroatoms. The van der Waals surface area contributed by atoms with Gasteiger partial charge in [-0.2, -0.15) is 18.2 Å². The van der Waals surface area contributed by atoms with Crippen LogP contribution in [0.2, 0.25) is 0 Å². The van der Waals surface area contributed by atoms with Crippen LogP contribution in [-0.2, 0) is 12.6 Å². The molecule has 1 aromatic heterocycles. The van der Waals surface area contributed by atoms with Gasteiger partial charge in [0.2, 0.25) is 0 Å². The monoisotopic (exact) mass is 505 g/mol. The fourth-order valence-electron chi connectivity index (χ4n) is 5.29. The molecule has 3 heterocycles. The smallest absolute Gasteiger partial charge is 0.327 e. The maximum Gasteiger partial charge on any atom is 0.416 e. The van der Waals surface area contributed by atoms with Crippen molar-refractivity contribution in [2.24, 2.45) is 17.6 Å². The Morgan fingerprint density at radius 3 is 2.56 bits per heavy atom. The van der Waals surface area contributed by atoms with E-state index < -0.39 is 17.4 Å². The van der Waals surface area contributed by atoms with Gasteiger partial charge < -0.3 is 16.0 Å². The number of benzene rings is 1. The number of nitrogens with one attached hydrogen (secondary N) is 2. The number of piperidine rings is 1. The predicted molar refractivity (Wildman–Crippen MR) is 128 cm³/mol. The fourth-order valence-corrected chi connectivity index (χ4v) is 5.29. The summed E-state index contributed by atoms with van der Waals surface area (Å²) < 4.78 is 43.0. The van der Waals surface area contributed by atoms with Gasteiger partial charge in [-0.25, -0.2) is 9.59 Å². The third-order valence-corrected chi connectivity index (χ3v) is 7.55. The second kappa shape index (κ2) is 9.49. The van der Waals surface area contributed by atoms with Crippen molar-refractivity contribution in [3.8, 4) is 5.69 Å². The molecule has 3 aliphatic rings. The highest BCUT2D eigenvalue weighted by Crippen LogP contribution is 2.45. The van der Waals surface area contributed by atoms with Crippen LogP contribution in [-0.4, -0.2) is 76.7 Å². The molecule has 9 nitrogen and oxygen atoms in total. The van der Waals surface area contributed by atoms with Crippen LogP contribution in [0.5, 0.6) is 0 Å². The van der Waals surface area contributed by atoms with Crippen LogP contribution in [0.15, 0.2) is 35.3 Å². The van der Waals surface area contributed by atoms with Gasteiger partial charge in [-0.1, -0.05) is 6.07 Å². The quantitative estimate of drug-likeness (QED) is 0.569. The van der Waals surface area contributed by atoms with Crippen molar-refractivity contribution in [3.05, 3.63) is 52.1 Å². The maximum atomic E-state index is 14.0. The number of carbonyl (C=O) groups is 1. The van der Waals surface area contributed by atoms with Crippen LogP contribution in [0.25, 0.3) is 5.69 Å². The number of anilines is 1. The number of amides is 2. The molecule has 1 aromatic carbocycles. The van der Waals surface area contributed by atoms with Crippen LogP contribution in [0, 0.1) is 11.8 Å². The summed E-state index contributed by atoms with van der Waals surface area (Å²) in [5.41, 5.74) is 4.68. The molecule has 3 fully saturated rings. The number of hydrogen-bond donors (Lipinski definition) is 3. The van der Waals surface area contributed by atoms with Crippen molar-refractivity contribution >= 4 is 11.8 Å². The van der Waals surface area contributed by atoms with Crippen molar-refractivity contribution < 1.29 is 18.0 Å². The minimum absolute atomic E-state index is 0.0460. The first-order valence-electron chi connectivity index (χ1n) is 12.2. The lowest BCUT2D eigenvalue weighted by atomic mass is 9.98. The van der Waals surface area contributed by atoms with Crippen molar-refractivity contribution in [1.29, 1.82) is 0 Å². The van der Waals surface area contributed by atoms with Crippen LogP contribution in [0.1, 0.15) is 18.1 Å². The van der Waals surface area contributed by atoms with E-state index in [0.29, 0.717) is 38.0 Å². The van der Waals surface area contributed by atoms with Gasteiger partial charge in [0.05, 0.1) is 11.3 Å². The van der Waals surface area contributed by atoms with Crippen molar-refractivity contribution in [2.45, 2.75) is 31.6 Å². The van der Waals surface area contributed by atoms with E-state index >= 15 is 0 Å². The molecule has 1 aliphatic carbocycles. The molecular formula is C24H30F3N7O2. The number of rotatable bonds is 5. The molecule has 194 valence electrons. The Labute approximate surface area is 206 Å². The Balaban J connectivity index is 1.33. The third kappa shape index (κ3) is 4.97. The van der Waals surface area contributed by atoms with E-state index in [0.717, 1.165) is 23.7 Å². The summed E-state index contributed by atoms with van der Waals surface area (Å²) in [5.74, 6) is 0.964. The van der Waals surface area contributed by atoms with E-state index in [1.165, 1.54) is 24.4 Å². The number of fused-ring (bicyclic) bond motifs is 1. The molecule has 36 heavy (non-hydrogen) atoms. The summed E-state index contributed by atoms with van der Waals surface area (Å²) in [7, 11) is 0. The lowest BCUT2D eigenvalue weighted by Crippen LogP contribution is -2.48. The second-order valence-electron chi connectivity index (χ2n) is 9.88. The summed E-state index contributed by atoms with van der Waals surface area (Å²) in [5, 5.41) is 5.71. The fraction of sp³-hybridized carbons (Fsp3) is 0.542. The number of halogens is 3. The molecule has 0 radical (unpaired) electrons. The van der Waals surface area contributed by atoms with E-state index in [2.05, 4.69) is 20.5 Å². The van der Waals surface area contributed by atoms with Gasteiger partial charge >= 0.3 is 17.9 Å². The number of piperazine rings is 1. The molecule has 5 rings (SSSR count). The lowest BCUT2D eigenvalue weighted by molar-refractivity contribution is -0.138. The van der Waals surface area contributed by atoms with Gasteiger partial charge in [-0.05, 0) is 48.9 Å². The minimum atomic E-state index is -4.57. The van der Waals surface area contributed by atoms with Gasteiger partial charge in [-0.15, -0.1) is 0 Å². The van der Waals surface area contributed by atoms with E-state index in [9.17, 15) is 22.8 Å². The number of alkyl halides is 3. The highest BCUT2D eigenvalue weighted by molar-refractivity contribution is 5.88. The first-order chi connectivity index (χ1) is 17.1. The Kier molecular flexibility index (Phi) is 6.52. The molecular weight excluding hydrogens is 475 g/mol. The van der Waals surface area contributed by atoms with E-state index in [1.54, 1.807) is 4.90 Å². The molecule has 0 bridgehead atoms. The third-order valence-electron chi connectivity index (χ3n) is 7.55. The molecule has 2 saturated heterocycles. The highest BCUT2D eigenvalue weighted by Gasteiger charge is 2.54. The summed E-state index contributed by atoms with van der Waals surface area (Å²) >= 11 is 0. The summed E-state index contributed by atoms with van der Waals surface area (Å²) in [4.78, 5) is 32.6. The first kappa shape index (κ1) is 24.7. The largest absolute Gasteiger partial charge is 0.416 e. The van der Waals surface area contributed by atoms with Gasteiger partial charge in [0, 0.05) is 57.5 Å². The SMILES string of the molecule is CC(Cc1ccc(-n2ccc(NC(=O)N3CCNCC3)nc2=O)cc1C(F)(F)F)N1CC2C(N)[C@H]2C1. The average molecular weight is 506 g/mol. The van der Waals surface area contributed by atoms with Gasteiger partial charge in [0.15, 0.2) is 0 Å². The number of nitrogens with zero attached hydrogens (tertiary/aromatic N) is 4. The Bertz CT molecular complexity index is 1180. The molecule has 2 aromatic rings. The van der Waals surface area contributed by atoms with Gasteiger partial charge in [0.1, 0.15) is 5.82 Å². The zero-order chi connectivity index (χ0) is 25.6. The lowest BCUT2D eigenvalue weighted by Gasteiger charge is -2.27. The zero-order valence-electron chi connectivity index (χ0n) is 20.0. The number of nitrogens with two attached hydrogens (primary N) is 1. The second-order valence-corrected chi connectivity index (χ2v) is 9.88. The Morgan fingerprint density at radius 1 is 1.22 bits per heavy atom. The van der Waals surface area contributed by atoms with Crippen molar-refractivity contribution in [3.63, 3.8) is 0 Å². The number of carbonyl (C=O) groups excluding carboxylic acids is 1. The van der Waals surface area contributed by atoms with Gasteiger partial charge in [-0.3, -0.25) is 14.8 Å². The summed E-state index contributed by atoms with van der Waals surface area (Å²) in [6.45, 7) is 5.99. The number of urea groups is 1. The molecule has 4 atom stereocenters. The zero-order valence-corrected chi connectivity index (χ0v) is 20.0. The summed E-state index contributed by atoms with van der Waals surface area (Å²) in [6.07, 6.45) is -3.01. The predicted octanol–water partition coefficient (Wildman–Crippen LogP) is 1.51. The van der Waals surface area contributed by atoms with E-state index in [1.807, 2.05) is 6.92 Å².